The van der Waals surface area contributed by atoms with Crippen LogP contribution >= 0.6 is 0 Å². The summed E-state index contributed by atoms with van der Waals surface area (Å²) in [7, 11) is -1.50. The molecule has 4 fully saturated rings. The number of nitrogens with one attached hydrogen (secondary N) is 2. The van der Waals surface area contributed by atoms with Crippen molar-refractivity contribution in [2.45, 2.75) is 101 Å². The van der Waals surface area contributed by atoms with Crippen molar-refractivity contribution >= 4 is 32.5 Å². The number of rotatable bonds is 8. The zero-order valence-electron chi connectivity index (χ0n) is 32.0. The van der Waals surface area contributed by atoms with Gasteiger partial charge >= 0.3 is 0 Å². The smallest absolute Gasteiger partial charge is 0.225 e. The monoisotopic (exact) mass is 742 g/mol. The number of amides is 1. The molecule has 0 radical (unpaired) electrons. The van der Waals surface area contributed by atoms with E-state index in [1.165, 1.54) is 58.2 Å². The molecule has 2 aromatic carbocycles. The highest BCUT2D eigenvalue weighted by Gasteiger charge is 2.38. The summed E-state index contributed by atoms with van der Waals surface area (Å²) in [6, 6.07) is 9.64. The maximum Gasteiger partial charge on any atom is 0.225 e. The minimum atomic E-state index is -3.22. The number of hydrogen-bond donors (Lipinski definition) is 2. The van der Waals surface area contributed by atoms with Gasteiger partial charge in [-0.15, -0.1) is 0 Å². The Morgan fingerprint density at radius 1 is 1.00 bits per heavy atom. The number of piperazine rings is 1. The Morgan fingerprint density at radius 3 is 2.45 bits per heavy atom. The number of sulfone groups is 1. The van der Waals surface area contributed by atoms with Gasteiger partial charge in [0.05, 0.1) is 29.3 Å². The molecule has 0 unspecified atom stereocenters. The fraction of sp³-hybridized carbons (Fsp3) is 0.643. The lowest BCUT2D eigenvalue weighted by molar-refractivity contribution is -0.138. The average Bonchev–Trinajstić information content (AvgIpc) is 3.49. The number of ether oxygens (including phenoxy) is 1. The number of aryl methyl sites for hydroxylation is 1. The van der Waals surface area contributed by atoms with Gasteiger partial charge in [0.1, 0.15) is 17.4 Å². The van der Waals surface area contributed by atoms with Crippen LogP contribution in [0.2, 0.25) is 0 Å². The third kappa shape index (κ3) is 7.55. The van der Waals surface area contributed by atoms with Crippen molar-refractivity contribution in [1.29, 1.82) is 0 Å². The van der Waals surface area contributed by atoms with Crippen LogP contribution in [0.1, 0.15) is 106 Å². The molecule has 2 N–H and O–H groups in total. The van der Waals surface area contributed by atoms with Crippen LogP contribution in [0.15, 0.2) is 35.2 Å². The Balaban J connectivity index is 0.890. The summed E-state index contributed by atoms with van der Waals surface area (Å²) in [6.07, 6.45) is 12.5. The molecule has 5 aliphatic rings. The van der Waals surface area contributed by atoms with Gasteiger partial charge < -0.3 is 20.3 Å². The SMILES string of the molecule is COc1cc2nc(C)nc(N[C@H](C)c3cccc4c3CCS4(=O)=O)c2cc1C1CCC(C(=O)N2CCN(CC3CCC4(CCNCC4)CC3)CC2)CC1. The third-order valence-electron chi connectivity index (χ3n) is 13.7. The van der Waals surface area contributed by atoms with Gasteiger partial charge in [-0.1, -0.05) is 12.1 Å². The van der Waals surface area contributed by atoms with Crippen molar-refractivity contribution in [2.75, 3.05) is 64.0 Å². The van der Waals surface area contributed by atoms with E-state index in [4.69, 9.17) is 14.7 Å². The summed E-state index contributed by atoms with van der Waals surface area (Å²) in [6.45, 7) is 11.3. The predicted octanol–water partition coefficient (Wildman–Crippen LogP) is 6.43. The highest BCUT2D eigenvalue weighted by molar-refractivity contribution is 7.91. The van der Waals surface area contributed by atoms with Gasteiger partial charge in [0.15, 0.2) is 9.84 Å². The Kier molecular flexibility index (Phi) is 10.5. The molecule has 11 heteroatoms. The molecule has 286 valence electrons. The molecule has 0 bridgehead atoms. The fourth-order valence-corrected chi connectivity index (χ4v) is 12.0. The van der Waals surface area contributed by atoms with Gasteiger partial charge in [0, 0.05) is 50.1 Å². The van der Waals surface area contributed by atoms with Crippen LogP contribution in [0.3, 0.4) is 0 Å². The number of hydrogen-bond acceptors (Lipinski definition) is 9. The molecule has 1 spiro atoms. The fourth-order valence-electron chi connectivity index (χ4n) is 10.4. The van der Waals surface area contributed by atoms with Crippen LogP contribution in [0, 0.1) is 24.2 Å². The number of fused-ring (bicyclic) bond motifs is 2. The quantitative estimate of drug-likeness (QED) is 0.270. The Labute approximate surface area is 315 Å². The second-order valence-corrected chi connectivity index (χ2v) is 18.9. The van der Waals surface area contributed by atoms with Crippen molar-refractivity contribution in [1.82, 2.24) is 25.1 Å². The third-order valence-corrected chi connectivity index (χ3v) is 15.4. The summed E-state index contributed by atoms with van der Waals surface area (Å²) in [5, 5.41) is 8.09. The van der Waals surface area contributed by atoms with Crippen molar-refractivity contribution in [2.24, 2.45) is 17.3 Å². The molecule has 3 aromatic rings. The van der Waals surface area contributed by atoms with Crippen molar-refractivity contribution in [3.8, 4) is 5.75 Å². The van der Waals surface area contributed by atoms with E-state index in [1.54, 1.807) is 13.2 Å². The first kappa shape index (κ1) is 36.7. The zero-order valence-corrected chi connectivity index (χ0v) is 32.8. The number of carbonyl (C=O) groups excluding carboxylic acids is 1. The van der Waals surface area contributed by atoms with Crippen molar-refractivity contribution < 1.29 is 17.9 Å². The minimum absolute atomic E-state index is 0.0873. The van der Waals surface area contributed by atoms with E-state index >= 15 is 0 Å². The van der Waals surface area contributed by atoms with Gasteiger partial charge in [-0.3, -0.25) is 9.69 Å². The van der Waals surface area contributed by atoms with Crippen molar-refractivity contribution in [3.63, 3.8) is 0 Å². The molecule has 1 amide bonds. The number of methoxy groups -OCH3 is 1. The number of benzene rings is 2. The summed E-state index contributed by atoms with van der Waals surface area (Å²) in [4.78, 5) is 28.6. The second kappa shape index (κ2) is 15.1. The number of anilines is 1. The Morgan fingerprint density at radius 2 is 1.74 bits per heavy atom. The summed E-state index contributed by atoms with van der Waals surface area (Å²) >= 11 is 0. The lowest BCUT2D eigenvalue weighted by atomic mass is 9.65. The highest BCUT2D eigenvalue weighted by atomic mass is 32.2. The van der Waals surface area contributed by atoms with E-state index in [0.29, 0.717) is 28.5 Å². The second-order valence-electron chi connectivity index (χ2n) is 16.9. The molecule has 1 atom stereocenters. The van der Waals surface area contributed by atoms with E-state index in [-0.39, 0.29) is 23.6 Å². The molecule has 2 saturated heterocycles. The highest BCUT2D eigenvalue weighted by Crippen LogP contribution is 2.46. The van der Waals surface area contributed by atoms with Gasteiger partial charge in [0.25, 0.3) is 0 Å². The number of piperidine rings is 1. The van der Waals surface area contributed by atoms with E-state index in [0.717, 1.165) is 96.9 Å². The summed E-state index contributed by atoms with van der Waals surface area (Å²) < 4.78 is 31.2. The van der Waals surface area contributed by atoms with Crippen LogP contribution < -0.4 is 15.4 Å². The number of aromatic nitrogens is 2. The maximum absolute atomic E-state index is 13.8. The number of nitrogens with zero attached hydrogens (tertiary/aromatic N) is 4. The lowest BCUT2D eigenvalue weighted by Gasteiger charge is -2.45. The van der Waals surface area contributed by atoms with Crippen LogP contribution in [0.4, 0.5) is 5.82 Å². The van der Waals surface area contributed by atoms with Gasteiger partial charge in [-0.25, -0.2) is 18.4 Å². The molecule has 4 heterocycles. The first-order valence-corrected chi connectivity index (χ1v) is 22.0. The Bertz CT molecular complexity index is 1920. The van der Waals surface area contributed by atoms with E-state index in [2.05, 4.69) is 33.4 Å². The first-order valence-electron chi connectivity index (χ1n) is 20.3. The largest absolute Gasteiger partial charge is 0.496 e. The standard InChI is InChI=1S/C42H58N6O4S/c1-28(33-5-4-6-39-34(33)13-24-53(39,50)51)44-40-36-25-35(38(52-3)26-37(36)45-29(2)46-40)31-7-9-32(10-8-31)41(49)48-22-20-47(21-23-48)27-30-11-14-42(15-12-30)16-18-43-19-17-42/h4-6,25-26,28,30-32,43H,7-24,27H2,1-3H3,(H,44,45,46)/t28-,31?,32?/m1/s1. The molecule has 53 heavy (non-hydrogen) atoms. The molecule has 8 rings (SSSR count). The van der Waals surface area contributed by atoms with Crippen LogP contribution in [-0.2, 0) is 21.1 Å². The minimum Gasteiger partial charge on any atom is -0.496 e. The number of carbonyl (C=O) groups is 1. The lowest BCUT2D eigenvalue weighted by Crippen LogP contribution is -2.51. The summed E-state index contributed by atoms with van der Waals surface area (Å²) in [5.41, 5.74) is 4.47. The van der Waals surface area contributed by atoms with E-state index < -0.39 is 9.84 Å². The van der Waals surface area contributed by atoms with Crippen LogP contribution in [0.5, 0.6) is 5.75 Å². The Hall–Kier alpha value is -3.28. The summed E-state index contributed by atoms with van der Waals surface area (Å²) in [5.74, 6) is 3.92. The zero-order chi connectivity index (χ0) is 36.7. The van der Waals surface area contributed by atoms with Crippen LogP contribution in [0.25, 0.3) is 10.9 Å². The van der Waals surface area contributed by atoms with E-state index in [9.17, 15) is 13.2 Å². The molecule has 2 saturated carbocycles. The first-order chi connectivity index (χ1) is 25.6. The molecule has 3 aliphatic heterocycles. The molecule has 10 nitrogen and oxygen atoms in total. The van der Waals surface area contributed by atoms with E-state index in [1.807, 2.05) is 25.1 Å². The maximum atomic E-state index is 13.8. The molecule has 1 aromatic heterocycles. The normalized spacial score (nSPS) is 25.3. The van der Waals surface area contributed by atoms with Crippen LogP contribution in [-0.4, -0.2) is 92.8 Å². The molecule has 2 aliphatic carbocycles. The van der Waals surface area contributed by atoms with Gasteiger partial charge in [-0.2, -0.15) is 0 Å². The molecular weight excluding hydrogens is 685 g/mol. The molecular formula is C42H58N6O4S. The topological polar surface area (TPSA) is 117 Å². The van der Waals surface area contributed by atoms with Crippen molar-refractivity contribution in [3.05, 3.63) is 52.8 Å². The average molecular weight is 743 g/mol. The van der Waals surface area contributed by atoms with Gasteiger partial charge in [-0.05, 0) is 144 Å². The predicted molar refractivity (Wildman–Crippen MR) is 209 cm³/mol. The van der Waals surface area contributed by atoms with Gasteiger partial charge in [0.2, 0.25) is 5.91 Å².